The van der Waals surface area contributed by atoms with Crippen LogP contribution in [-0.4, -0.2) is 42.0 Å². The van der Waals surface area contributed by atoms with Gasteiger partial charge in [-0.1, -0.05) is 42.5 Å². The third kappa shape index (κ3) is 5.10. The number of Topliss-reactive ketones (excluding diaryl/α,β-unsaturated/α-hetero) is 1. The van der Waals surface area contributed by atoms with E-state index in [1.54, 1.807) is 25.1 Å². The Morgan fingerprint density at radius 2 is 1.74 bits per heavy atom. The number of ether oxygens (including phenoxy) is 2. The predicted molar refractivity (Wildman–Crippen MR) is 129 cm³/mol. The number of halogens is 1. The van der Waals surface area contributed by atoms with Gasteiger partial charge in [-0.2, -0.15) is 0 Å². The fourth-order valence-corrected chi connectivity index (χ4v) is 4.17. The maximum absolute atomic E-state index is 13.6. The molecule has 0 aromatic heterocycles. The van der Waals surface area contributed by atoms with Gasteiger partial charge >= 0.3 is 0 Å². The Hall–Kier alpha value is -3.97. The van der Waals surface area contributed by atoms with E-state index in [9.17, 15) is 19.1 Å². The molecule has 0 bridgehead atoms. The molecule has 1 fully saturated rings. The minimum absolute atomic E-state index is 0.0428. The van der Waals surface area contributed by atoms with E-state index in [-0.39, 0.29) is 24.5 Å². The molecular weight excluding hydrogens is 449 g/mol. The molecule has 1 atom stereocenters. The van der Waals surface area contributed by atoms with E-state index < -0.39 is 23.5 Å². The summed E-state index contributed by atoms with van der Waals surface area (Å²) in [5.74, 6) is -1.65. The van der Waals surface area contributed by atoms with Crippen molar-refractivity contribution in [3.05, 3.63) is 106 Å². The second kappa shape index (κ2) is 10.5. The van der Waals surface area contributed by atoms with E-state index in [1.165, 1.54) is 36.3 Å². The lowest BCUT2D eigenvalue weighted by Gasteiger charge is -2.25. The highest BCUT2D eigenvalue weighted by Gasteiger charge is 2.46. The monoisotopic (exact) mass is 475 g/mol. The zero-order valence-corrected chi connectivity index (χ0v) is 19.5. The Morgan fingerprint density at radius 3 is 2.40 bits per heavy atom. The van der Waals surface area contributed by atoms with E-state index in [0.717, 1.165) is 5.56 Å². The summed E-state index contributed by atoms with van der Waals surface area (Å²) in [4.78, 5) is 27.2. The number of amides is 1. The van der Waals surface area contributed by atoms with Crippen molar-refractivity contribution in [2.24, 2.45) is 0 Å². The molecule has 0 saturated carbocycles. The van der Waals surface area contributed by atoms with E-state index in [4.69, 9.17) is 9.47 Å². The summed E-state index contributed by atoms with van der Waals surface area (Å²) in [5, 5.41) is 11.3. The topological polar surface area (TPSA) is 76.1 Å². The summed E-state index contributed by atoms with van der Waals surface area (Å²) in [5.41, 5.74) is 2.58. The van der Waals surface area contributed by atoms with Gasteiger partial charge < -0.3 is 19.5 Å². The molecule has 1 N–H and O–H groups in total. The maximum Gasteiger partial charge on any atom is 0.295 e. The zero-order chi connectivity index (χ0) is 24.9. The second-order valence-electron chi connectivity index (χ2n) is 8.29. The van der Waals surface area contributed by atoms with Crippen LogP contribution >= 0.6 is 0 Å². The van der Waals surface area contributed by atoms with Crippen LogP contribution in [-0.2, 0) is 20.9 Å². The molecule has 7 heteroatoms. The standard InChI is InChI=1S/C28H26FNO5/c1-18-16-22(35-17-19-6-4-3-5-7-19)12-13-23(18)26(31)24-25(20-8-10-21(29)11-9-20)30(14-15-34-2)28(33)27(24)32/h3-13,16,25,31H,14-15,17H2,1-2H3/b26-24+/t25-/m0/s1. The lowest BCUT2D eigenvalue weighted by Crippen LogP contribution is -2.32. The predicted octanol–water partition coefficient (Wildman–Crippen LogP) is 4.78. The van der Waals surface area contributed by atoms with Crippen LogP contribution in [0.1, 0.15) is 28.3 Å². The molecule has 180 valence electrons. The molecule has 0 aliphatic carbocycles. The maximum atomic E-state index is 13.6. The summed E-state index contributed by atoms with van der Waals surface area (Å²) >= 11 is 0. The number of aliphatic hydroxyl groups is 1. The van der Waals surface area contributed by atoms with Crippen LogP contribution in [0.15, 0.2) is 78.4 Å². The number of hydrogen-bond acceptors (Lipinski definition) is 5. The number of ketones is 1. The van der Waals surface area contributed by atoms with Crippen molar-refractivity contribution in [2.45, 2.75) is 19.6 Å². The number of likely N-dealkylation sites (tertiary alicyclic amines) is 1. The van der Waals surface area contributed by atoms with E-state index >= 15 is 0 Å². The number of aliphatic hydroxyl groups excluding tert-OH is 1. The van der Waals surface area contributed by atoms with Crippen LogP contribution in [0.5, 0.6) is 5.75 Å². The summed E-state index contributed by atoms with van der Waals surface area (Å²) < 4.78 is 24.5. The molecular formula is C28H26FNO5. The fourth-order valence-electron chi connectivity index (χ4n) is 4.17. The van der Waals surface area contributed by atoms with E-state index in [1.807, 2.05) is 30.3 Å². The average Bonchev–Trinajstić information content (AvgIpc) is 3.12. The molecule has 1 aliphatic heterocycles. The van der Waals surface area contributed by atoms with E-state index in [0.29, 0.717) is 29.0 Å². The molecule has 0 unspecified atom stereocenters. The molecule has 4 rings (SSSR count). The number of aryl methyl sites for hydroxylation is 1. The van der Waals surface area contributed by atoms with Gasteiger partial charge in [0.05, 0.1) is 18.2 Å². The first-order valence-corrected chi connectivity index (χ1v) is 11.2. The number of methoxy groups -OCH3 is 1. The van der Waals surface area contributed by atoms with Gasteiger partial charge in [0.25, 0.3) is 11.7 Å². The van der Waals surface area contributed by atoms with Crippen LogP contribution in [0.4, 0.5) is 4.39 Å². The van der Waals surface area contributed by atoms with Crippen molar-refractivity contribution in [1.29, 1.82) is 0 Å². The average molecular weight is 476 g/mol. The third-order valence-electron chi connectivity index (χ3n) is 5.96. The number of benzene rings is 3. The largest absolute Gasteiger partial charge is 0.507 e. The Balaban J connectivity index is 1.70. The minimum atomic E-state index is -0.862. The fraction of sp³-hybridized carbons (Fsp3) is 0.214. The highest BCUT2D eigenvalue weighted by molar-refractivity contribution is 6.46. The minimum Gasteiger partial charge on any atom is -0.507 e. The molecule has 3 aromatic rings. The summed E-state index contributed by atoms with van der Waals surface area (Å²) in [6, 6.07) is 19.5. The quantitative estimate of drug-likeness (QED) is 0.288. The Morgan fingerprint density at radius 1 is 1.03 bits per heavy atom. The number of carbonyl (C=O) groups excluding carboxylic acids is 2. The Labute approximate surface area is 203 Å². The van der Waals surface area contributed by atoms with Gasteiger partial charge in [-0.15, -0.1) is 0 Å². The zero-order valence-electron chi connectivity index (χ0n) is 19.5. The van der Waals surface area contributed by atoms with Crippen molar-refractivity contribution in [3.63, 3.8) is 0 Å². The molecule has 0 radical (unpaired) electrons. The molecule has 35 heavy (non-hydrogen) atoms. The molecule has 1 amide bonds. The normalized spacial score (nSPS) is 17.1. The highest BCUT2D eigenvalue weighted by atomic mass is 19.1. The van der Waals surface area contributed by atoms with Gasteiger partial charge in [-0.05, 0) is 53.9 Å². The highest BCUT2D eigenvalue weighted by Crippen LogP contribution is 2.40. The lowest BCUT2D eigenvalue weighted by atomic mass is 9.94. The molecule has 0 spiro atoms. The smallest absolute Gasteiger partial charge is 0.295 e. The van der Waals surface area contributed by atoms with Crippen molar-refractivity contribution in [3.8, 4) is 5.75 Å². The van der Waals surface area contributed by atoms with Crippen molar-refractivity contribution in [2.75, 3.05) is 20.3 Å². The molecule has 1 heterocycles. The van der Waals surface area contributed by atoms with Gasteiger partial charge in [-0.25, -0.2) is 4.39 Å². The summed E-state index contributed by atoms with van der Waals surface area (Å²) in [7, 11) is 1.49. The summed E-state index contributed by atoms with van der Waals surface area (Å²) in [6.45, 7) is 2.53. The SMILES string of the molecule is COCCN1C(=O)C(=O)/C(=C(/O)c2ccc(OCc3ccccc3)cc2C)[C@@H]1c1ccc(F)cc1. The number of carbonyl (C=O) groups is 2. The summed E-state index contributed by atoms with van der Waals surface area (Å²) in [6.07, 6.45) is 0. The first-order chi connectivity index (χ1) is 16.9. The van der Waals surface area contributed by atoms with Gasteiger partial charge in [0, 0.05) is 19.2 Å². The number of rotatable bonds is 8. The van der Waals surface area contributed by atoms with Gasteiger partial charge in [0.2, 0.25) is 0 Å². The van der Waals surface area contributed by atoms with Crippen LogP contribution < -0.4 is 4.74 Å². The van der Waals surface area contributed by atoms with Gasteiger partial charge in [0.15, 0.2) is 0 Å². The number of nitrogens with zero attached hydrogens (tertiary/aromatic N) is 1. The third-order valence-corrected chi connectivity index (χ3v) is 5.96. The van der Waals surface area contributed by atoms with Crippen LogP contribution in [0, 0.1) is 12.7 Å². The molecule has 3 aromatic carbocycles. The van der Waals surface area contributed by atoms with Crippen molar-refractivity contribution in [1.82, 2.24) is 4.90 Å². The molecule has 6 nitrogen and oxygen atoms in total. The lowest BCUT2D eigenvalue weighted by molar-refractivity contribution is -0.140. The van der Waals surface area contributed by atoms with Crippen LogP contribution in [0.25, 0.3) is 5.76 Å². The Bertz CT molecular complexity index is 1250. The second-order valence-corrected chi connectivity index (χ2v) is 8.29. The van der Waals surface area contributed by atoms with Crippen LogP contribution in [0.2, 0.25) is 0 Å². The van der Waals surface area contributed by atoms with Crippen molar-refractivity contribution < 1.29 is 28.6 Å². The first kappa shape index (κ1) is 24.2. The number of hydrogen-bond donors (Lipinski definition) is 1. The van der Waals surface area contributed by atoms with Crippen molar-refractivity contribution >= 4 is 17.4 Å². The molecule has 1 aliphatic rings. The van der Waals surface area contributed by atoms with E-state index in [2.05, 4.69) is 0 Å². The molecule has 1 saturated heterocycles. The van der Waals surface area contributed by atoms with Gasteiger partial charge in [-0.3, -0.25) is 9.59 Å². The van der Waals surface area contributed by atoms with Crippen LogP contribution in [0.3, 0.4) is 0 Å². The first-order valence-electron chi connectivity index (χ1n) is 11.2. The van der Waals surface area contributed by atoms with Gasteiger partial charge in [0.1, 0.15) is 23.9 Å². The Kier molecular flexibility index (Phi) is 7.27.